The minimum atomic E-state index is -0.134. The summed E-state index contributed by atoms with van der Waals surface area (Å²) in [6.07, 6.45) is 6.34. The van der Waals surface area contributed by atoms with Crippen LogP contribution in [0.5, 0.6) is 0 Å². The van der Waals surface area contributed by atoms with E-state index in [0.29, 0.717) is 36.7 Å². The molecular formula is C30H35N7O2. The first-order valence-corrected chi connectivity index (χ1v) is 13.0. The van der Waals surface area contributed by atoms with E-state index in [2.05, 4.69) is 38.3 Å². The molecule has 0 saturated carbocycles. The molecule has 2 aromatic heterocycles. The van der Waals surface area contributed by atoms with Gasteiger partial charge in [0.1, 0.15) is 17.5 Å². The number of carbonyl (C=O) groups excluding carboxylic acids is 1. The molecule has 9 heteroatoms. The fraction of sp³-hybridized carbons (Fsp3) is 0.267. The Bertz CT molecular complexity index is 1440. The Morgan fingerprint density at radius 3 is 2.64 bits per heavy atom. The Morgan fingerprint density at radius 2 is 1.95 bits per heavy atom. The summed E-state index contributed by atoms with van der Waals surface area (Å²) in [6.45, 7) is 3.07. The van der Waals surface area contributed by atoms with Crippen molar-refractivity contribution in [2.24, 2.45) is 10.7 Å². The fourth-order valence-corrected chi connectivity index (χ4v) is 4.16. The van der Waals surface area contributed by atoms with Crippen LogP contribution in [0.2, 0.25) is 0 Å². The molecule has 0 unspecified atom stereocenters. The number of nitrogens with two attached hydrogens (primary N) is 1. The molecule has 0 atom stereocenters. The van der Waals surface area contributed by atoms with Crippen LogP contribution in [0, 0.1) is 0 Å². The van der Waals surface area contributed by atoms with Crippen LogP contribution in [-0.2, 0) is 11.3 Å². The second kappa shape index (κ2) is 13.2. The van der Waals surface area contributed by atoms with Gasteiger partial charge in [-0.05, 0) is 67.1 Å². The number of rotatable bonds is 12. The number of nitrogens with zero attached hydrogens (tertiary/aromatic N) is 4. The third-order valence-electron chi connectivity index (χ3n) is 6.34. The second-order valence-electron chi connectivity index (χ2n) is 9.01. The number of fused-ring (bicyclic) bond motifs is 1. The van der Waals surface area contributed by atoms with E-state index in [1.54, 1.807) is 31.3 Å². The zero-order chi connectivity index (χ0) is 27.6. The van der Waals surface area contributed by atoms with Gasteiger partial charge in [0, 0.05) is 43.0 Å². The quantitative estimate of drug-likeness (QED) is 0.132. The Labute approximate surface area is 228 Å². The van der Waals surface area contributed by atoms with Gasteiger partial charge in [-0.25, -0.2) is 9.97 Å². The van der Waals surface area contributed by atoms with Gasteiger partial charge >= 0.3 is 0 Å². The summed E-state index contributed by atoms with van der Waals surface area (Å²) in [4.78, 5) is 31.8. The molecule has 0 aliphatic carbocycles. The van der Waals surface area contributed by atoms with Gasteiger partial charge in [-0.15, -0.1) is 0 Å². The van der Waals surface area contributed by atoms with Crippen LogP contribution in [0.15, 0.2) is 83.7 Å². The maximum atomic E-state index is 13.7. The minimum Gasteiger partial charge on any atom is -0.501 e. The monoisotopic (exact) mass is 525 g/mol. The van der Waals surface area contributed by atoms with Gasteiger partial charge in [0.25, 0.3) is 5.91 Å². The van der Waals surface area contributed by atoms with Crippen molar-refractivity contribution in [3.8, 4) is 0 Å². The van der Waals surface area contributed by atoms with Crippen LogP contribution < -0.4 is 16.0 Å². The number of pyridine rings is 1. The molecule has 202 valence electrons. The fourth-order valence-electron chi connectivity index (χ4n) is 4.16. The number of hydrogen-bond acceptors (Lipinski definition) is 6. The van der Waals surface area contributed by atoms with Crippen LogP contribution in [0.4, 0.5) is 11.5 Å². The number of unbranched alkanes of at least 4 members (excludes halogenated alkanes) is 1. The summed E-state index contributed by atoms with van der Waals surface area (Å²) in [5.74, 6) is 2.59. The molecule has 0 radical (unpaired) electrons. The summed E-state index contributed by atoms with van der Waals surface area (Å²) in [5, 5.41) is 3.36. The van der Waals surface area contributed by atoms with E-state index in [4.69, 9.17) is 10.5 Å². The van der Waals surface area contributed by atoms with Crippen molar-refractivity contribution >= 4 is 34.3 Å². The SMILES string of the molecule is CCC/C=C(/CCN(C(=O)c1ccc2nc(CNc3ccc(C(N)=NC)cc3)[nH]c2c1)c1ccccn1)OC. The molecule has 0 bridgehead atoms. The number of aromatic nitrogens is 3. The number of methoxy groups -OCH3 is 1. The normalized spacial score (nSPS) is 12.0. The van der Waals surface area contributed by atoms with E-state index in [9.17, 15) is 4.79 Å². The van der Waals surface area contributed by atoms with Gasteiger partial charge in [-0.1, -0.05) is 19.4 Å². The van der Waals surface area contributed by atoms with Gasteiger partial charge in [0.15, 0.2) is 0 Å². The van der Waals surface area contributed by atoms with Gasteiger partial charge in [-0.3, -0.25) is 14.7 Å². The van der Waals surface area contributed by atoms with E-state index in [1.807, 2.05) is 54.6 Å². The number of aliphatic imine (C=N–C) groups is 1. The number of amidine groups is 1. The van der Waals surface area contributed by atoms with Gasteiger partial charge in [-0.2, -0.15) is 0 Å². The lowest BCUT2D eigenvalue weighted by molar-refractivity contribution is 0.0985. The van der Waals surface area contributed by atoms with Gasteiger partial charge in [0.05, 0.1) is 30.4 Å². The Balaban J connectivity index is 1.50. The molecule has 0 fully saturated rings. The number of ether oxygens (including phenoxy) is 1. The van der Waals surface area contributed by atoms with E-state index in [0.717, 1.165) is 46.7 Å². The lowest BCUT2D eigenvalue weighted by Gasteiger charge is -2.22. The number of aromatic amines is 1. The number of anilines is 2. The Hall–Kier alpha value is -4.66. The minimum absolute atomic E-state index is 0.134. The largest absolute Gasteiger partial charge is 0.501 e. The average molecular weight is 526 g/mol. The third-order valence-corrected chi connectivity index (χ3v) is 6.34. The zero-order valence-electron chi connectivity index (χ0n) is 22.6. The van der Waals surface area contributed by atoms with Crippen molar-refractivity contribution in [1.82, 2.24) is 15.0 Å². The molecule has 9 nitrogen and oxygen atoms in total. The average Bonchev–Trinajstić information content (AvgIpc) is 3.40. The van der Waals surface area contributed by atoms with E-state index in [1.165, 1.54) is 0 Å². The molecule has 0 saturated heterocycles. The summed E-state index contributed by atoms with van der Waals surface area (Å²) in [5.41, 5.74) is 9.82. The number of amides is 1. The number of nitrogens with one attached hydrogen (secondary N) is 2. The number of benzene rings is 2. The molecule has 2 aromatic carbocycles. The zero-order valence-corrected chi connectivity index (χ0v) is 22.6. The van der Waals surface area contributed by atoms with Crippen LogP contribution >= 0.6 is 0 Å². The number of imidazole rings is 1. The molecular weight excluding hydrogens is 490 g/mol. The highest BCUT2D eigenvalue weighted by atomic mass is 16.5. The molecule has 0 spiro atoms. The highest BCUT2D eigenvalue weighted by molar-refractivity contribution is 6.07. The molecule has 0 aliphatic heterocycles. The van der Waals surface area contributed by atoms with Gasteiger partial charge in [0.2, 0.25) is 0 Å². The molecule has 1 amide bonds. The van der Waals surface area contributed by atoms with E-state index >= 15 is 0 Å². The highest BCUT2D eigenvalue weighted by Gasteiger charge is 2.20. The smallest absolute Gasteiger partial charge is 0.259 e. The molecule has 2 heterocycles. The van der Waals surface area contributed by atoms with Gasteiger partial charge < -0.3 is 20.8 Å². The van der Waals surface area contributed by atoms with E-state index in [-0.39, 0.29) is 5.91 Å². The van der Waals surface area contributed by atoms with Crippen molar-refractivity contribution in [2.75, 3.05) is 30.9 Å². The van der Waals surface area contributed by atoms with Crippen molar-refractivity contribution < 1.29 is 9.53 Å². The first-order chi connectivity index (χ1) is 19.0. The van der Waals surface area contributed by atoms with Crippen LogP contribution in [0.1, 0.15) is 47.9 Å². The standard InChI is InChI=1S/C30H35N7O2/c1-4-5-8-24(39-3)16-18-37(28-9-6-7-17-33-28)30(38)22-12-15-25-26(19-22)36-27(35-25)20-34-23-13-10-21(11-14-23)29(31)32-2/h6-15,17,19,34H,4-5,16,18,20H2,1-3H3,(H2,31,32)(H,35,36)/b24-8-. The Morgan fingerprint density at radius 1 is 1.15 bits per heavy atom. The maximum absolute atomic E-state index is 13.7. The van der Waals surface area contributed by atoms with Crippen LogP contribution in [0.25, 0.3) is 11.0 Å². The van der Waals surface area contributed by atoms with Crippen molar-refractivity contribution in [3.63, 3.8) is 0 Å². The van der Waals surface area contributed by atoms with Crippen molar-refractivity contribution in [1.29, 1.82) is 0 Å². The molecule has 0 aliphatic rings. The molecule has 4 N–H and O–H groups in total. The lowest BCUT2D eigenvalue weighted by atomic mass is 10.1. The first-order valence-electron chi connectivity index (χ1n) is 13.0. The summed E-state index contributed by atoms with van der Waals surface area (Å²) in [7, 11) is 3.33. The highest BCUT2D eigenvalue weighted by Crippen LogP contribution is 2.20. The number of H-pyrrole nitrogens is 1. The number of allylic oxidation sites excluding steroid dienone is 1. The van der Waals surface area contributed by atoms with Crippen LogP contribution in [-0.4, -0.2) is 47.4 Å². The molecule has 39 heavy (non-hydrogen) atoms. The lowest BCUT2D eigenvalue weighted by Crippen LogP contribution is -2.33. The number of carbonyl (C=O) groups is 1. The number of hydrogen-bond donors (Lipinski definition) is 3. The molecule has 4 rings (SSSR count). The topological polar surface area (TPSA) is 122 Å². The van der Waals surface area contributed by atoms with Crippen molar-refractivity contribution in [3.05, 3.63) is 95.6 Å². The summed E-state index contributed by atoms with van der Waals surface area (Å²) >= 11 is 0. The van der Waals surface area contributed by atoms with Crippen LogP contribution in [0.3, 0.4) is 0 Å². The molecule has 4 aromatic rings. The predicted octanol–water partition coefficient (Wildman–Crippen LogP) is 5.27. The third kappa shape index (κ3) is 7.01. The van der Waals surface area contributed by atoms with E-state index < -0.39 is 0 Å². The predicted molar refractivity (Wildman–Crippen MR) is 157 cm³/mol. The van der Waals surface area contributed by atoms with Crippen molar-refractivity contribution in [2.45, 2.75) is 32.7 Å². The Kier molecular flexibility index (Phi) is 9.29. The summed E-state index contributed by atoms with van der Waals surface area (Å²) < 4.78 is 5.53. The summed E-state index contributed by atoms with van der Waals surface area (Å²) in [6, 6.07) is 18.8. The second-order valence-corrected chi connectivity index (χ2v) is 9.01. The maximum Gasteiger partial charge on any atom is 0.259 e. The first kappa shape index (κ1) is 27.4.